The van der Waals surface area contributed by atoms with Crippen LogP contribution in [0.5, 0.6) is 11.5 Å². The Morgan fingerprint density at radius 3 is 2.60 bits per heavy atom. The number of urea groups is 1. The van der Waals surface area contributed by atoms with E-state index in [4.69, 9.17) is 26.8 Å². The Morgan fingerprint density at radius 1 is 1.20 bits per heavy atom. The van der Waals surface area contributed by atoms with Crippen LogP contribution in [-0.4, -0.2) is 37.6 Å². The van der Waals surface area contributed by atoms with Crippen LogP contribution >= 0.6 is 11.6 Å². The molecule has 2 atom stereocenters. The fourth-order valence-corrected chi connectivity index (χ4v) is 4.20. The van der Waals surface area contributed by atoms with Gasteiger partial charge in [-0.05, 0) is 42.2 Å². The molecule has 0 radical (unpaired) electrons. The van der Waals surface area contributed by atoms with E-state index >= 15 is 0 Å². The second-order valence-corrected chi connectivity index (χ2v) is 7.55. The summed E-state index contributed by atoms with van der Waals surface area (Å²) in [6, 6.07) is 11.4. The predicted molar refractivity (Wildman–Crippen MR) is 115 cm³/mol. The molecule has 1 aliphatic rings. The zero-order chi connectivity index (χ0) is 21.7. The monoisotopic (exact) mass is 431 g/mol. The van der Waals surface area contributed by atoms with Crippen LogP contribution in [0.15, 0.2) is 42.5 Å². The van der Waals surface area contributed by atoms with Crippen molar-refractivity contribution in [3.8, 4) is 11.5 Å². The maximum Gasteiger partial charge on any atom is 0.312 e. The van der Waals surface area contributed by atoms with Gasteiger partial charge in [0, 0.05) is 11.6 Å². The van der Waals surface area contributed by atoms with Crippen LogP contribution < -0.4 is 20.5 Å². The fourth-order valence-electron chi connectivity index (χ4n) is 3.93. The van der Waals surface area contributed by atoms with Crippen LogP contribution in [0.2, 0.25) is 5.02 Å². The van der Waals surface area contributed by atoms with Crippen molar-refractivity contribution in [3.05, 3.63) is 58.6 Å². The number of nitrogens with two attached hydrogens (primary N) is 1. The van der Waals surface area contributed by atoms with Gasteiger partial charge in [0.2, 0.25) is 5.91 Å². The highest BCUT2D eigenvalue weighted by Gasteiger charge is 2.32. The quantitative estimate of drug-likeness (QED) is 0.696. The van der Waals surface area contributed by atoms with Gasteiger partial charge in [-0.1, -0.05) is 35.9 Å². The van der Waals surface area contributed by atoms with E-state index in [-0.39, 0.29) is 18.4 Å². The number of likely N-dealkylation sites (tertiary alicyclic amines) is 1. The number of primary amides is 1. The Balaban J connectivity index is 1.82. The Labute approximate surface area is 181 Å². The summed E-state index contributed by atoms with van der Waals surface area (Å²) in [4.78, 5) is 26.6. The molecule has 30 heavy (non-hydrogen) atoms. The van der Waals surface area contributed by atoms with Crippen molar-refractivity contribution in [3.63, 3.8) is 0 Å². The molecule has 0 bridgehead atoms. The minimum atomic E-state index is -0.703. The summed E-state index contributed by atoms with van der Waals surface area (Å²) >= 11 is 6.29. The lowest BCUT2D eigenvalue weighted by Crippen LogP contribution is -2.38. The number of methoxy groups -OCH3 is 2. The number of nitrogens with zero attached hydrogens (tertiary/aromatic N) is 1. The topological polar surface area (TPSA) is 93.9 Å². The number of carbonyl (C=O) groups is 2. The van der Waals surface area contributed by atoms with Gasteiger partial charge in [-0.3, -0.25) is 4.79 Å². The van der Waals surface area contributed by atoms with Gasteiger partial charge in [0.05, 0.1) is 32.7 Å². The van der Waals surface area contributed by atoms with E-state index in [0.717, 1.165) is 18.4 Å². The van der Waals surface area contributed by atoms with Gasteiger partial charge in [0.15, 0.2) is 11.5 Å². The Morgan fingerprint density at radius 2 is 1.93 bits per heavy atom. The zero-order valence-corrected chi connectivity index (χ0v) is 17.8. The van der Waals surface area contributed by atoms with Gasteiger partial charge in [0.25, 0.3) is 0 Å². The van der Waals surface area contributed by atoms with Crippen molar-refractivity contribution >= 4 is 23.5 Å². The summed E-state index contributed by atoms with van der Waals surface area (Å²) in [5.41, 5.74) is 6.99. The highest BCUT2D eigenvalue weighted by atomic mass is 35.5. The molecular formula is C22H26ClN3O4. The number of benzene rings is 2. The van der Waals surface area contributed by atoms with Crippen LogP contribution in [0.3, 0.4) is 0 Å². The van der Waals surface area contributed by atoms with Gasteiger partial charge >= 0.3 is 6.03 Å². The summed E-state index contributed by atoms with van der Waals surface area (Å²) < 4.78 is 10.7. The lowest BCUT2D eigenvalue weighted by Gasteiger charge is -2.28. The molecule has 3 amide bonds. The Bertz CT molecular complexity index is 921. The van der Waals surface area contributed by atoms with Gasteiger partial charge < -0.3 is 25.4 Å². The molecule has 8 heteroatoms. The summed E-state index contributed by atoms with van der Waals surface area (Å²) in [5, 5.41) is 3.12. The molecule has 1 saturated heterocycles. The van der Waals surface area contributed by atoms with Gasteiger partial charge in [-0.15, -0.1) is 0 Å². The maximum atomic E-state index is 13.2. The largest absolute Gasteiger partial charge is 0.493 e. The number of nitrogens with one attached hydrogen (secondary N) is 1. The predicted octanol–water partition coefficient (Wildman–Crippen LogP) is 3.82. The van der Waals surface area contributed by atoms with Gasteiger partial charge in [-0.2, -0.15) is 0 Å². The minimum absolute atomic E-state index is 0.0659. The molecule has 1 aliphatic heterocycles. The third kappa shape index (κ3) is 4.79. The highest BCUT2D eigenvalue weighted by molar-refractivity contribution is 6.31. The normalized spacial score (nSPS) is 16.8. The van der Waals surface area contributed by atoms with Crippen molar-refractivity contribution in [1.29, 1.82) is 0 Å². The molecule has 0 unspecified atom stereocenters. The Kier molecular flexibility index (Phi) is 7.05. The van der Waals surface area contributed by atoms with Gasteiger partial charge in [0.1, 0.15) is 0 Å². The molecule has 160 valence electrons. The standard InChI is InChI=1S/C22H26ClN3O4/c1-29-19-10-9-14(12-20(19)30-2)18-8-5-11-26(18)21(27)13-17(25-22(24)28)15-6-3-4-7-16(15)23/h3-4,6-7,9-10,12,17-18H,5,8,11,13H2,1-2H3,(H3,24,25,28)/t17-,18+/m0/s1. The highest BCUT2D eigenvalue weighted by Crippen LogP contribution is 2.38. The first-order valence-electron chi connectivity index (χ1n) is 9.76. The van der Waals surface area contributed by atoms with E-state index in [9.17, 15) is 9.59 Å². The van der Waals surface area contributed by atoms with E-state index in [2.05, 4.69) is 5.32 Å². The summed E-state index contributed by atoms with van der Waals surface area (Å²) in [6.45, 7) is 0.643. The molecule has 1 fully saturated rings. The number of hydrogen-bond acceptors (Lipinski definition) is 4. The molecule has 3 N–H and O–H groups in total. The Hall–Kier alpha value is -2.93. The second kappa shape index (κ2) is 9.71. The molecule has 3 rings (SSSR count). The van der Waals surface area contributed by atoms with Crippen LogP contribution in [0, 0.1) is 0 Å². The molecule has 7 nitrogen and oxygen atoms in total. The molecule has 2 aromatic carbocycles. The first-order chi connectivity index (χ1) is 14.4. The van der Waals surface area contributed by atoms with Crippen molar-refractivity contribution in [2.75, 3.05) is 20.8 Å². The minimum Gasteiger partial charge on any atom is -0.493 e. The van der Waals surface area contributed by atoms with Gasteiger partial charge in [-0.25, -0.2) is 4.79 Å². The molecule has 1 heterocycles. The van der Waals surface area contributed by atoms with Crippen LogP contribution in [-0.2, 0) is 4.79 Å². The number of hydrogen-bond donors (Lipinski definition) is 2. The third-order valence-corrected chi connectivity index (χ3v) is 5.69. The van der Waals surface area contributed by atoms with Crippen LogP contribution in [0.1, 0.15) is 42.5 Å². The van der Waals surface area contributed by atoms with Crippen molar-refractivity contribution in [2.45, 2.75) is 31.3 Å². The number of rotatable bonds is 7. The van der Waals surface area contributed by atoms with Crippen molar-refractivity contribution in [2.24, 2.45) is 5.73 Å². The summed E-state index contributed by atoms with van der Waals surface area (Å²) in [5.74, 6) is 1.19. The average Bonchev–Trinajstić information content (AvgIpc) is 3.23. The van der Waals surface area contributed by atoms with Crippen LogP contribution in [0.25, 0.3) is 0 Å². The first-order valence-corrected chi connectivity index (χ1v) is 10.1. The molecule has 0 saturated carbocycles. The SMILES string of the molecule is COc1ccc([C@H]2CCCN2C(=O)C[C@H](NC(N)=O)c2ccccc2Cl)cc1OC. The smallest absolute Gasteiger partial charge is 0.312 e. The van der Waals surface area contributed by atoms with Crippen molar-refractivity contribution in [1.82, 2.24) is 10.2 Å². The molecule has 0 spiro atoms. The van der Waals surface area contributed by atoms with E-state index in [1.807, 2.05) is 29.2 Å². The molecular weight excluding hydrogens is 406 g/mol. The molecule has 0 aromatic heterocycles. The molecule has 0 aliphatic carbocycles. The fraction of sp³-hybridized carbons (Fsp3) is 0.364. The number of ether oxygens (including phenoxy) is 2. The second-order valence-electron chi connectivity index (χ2n) is 7.15. The first kappa shape index (κ1) is 21.8. The number of halogens is 1. The lowest BCUT2D eigenvalue weighted by atomic mass is 10.0. The van der Waals surface area contributed by atoms with Crippen molar-refractivity contribution < 1.29 is 19.1 Å². The molecule has 2 aromatic rings. The third-order valence-electron chi connectivity index (χ3n) is 5.34. The van der Waals surface area contributed by atoms with E-state index in [1.165, 1.54) is 0 Å². The maximum absolute atomic E-state index is 13.2. The van der Waals surface area contributed by atoms with E-state index in [1.54, 1.807) is 32.4 Å². The number of amides is 3. The lowest BCUT2D eigenvalue weighted by molar-refractivity contribution is -0.132. The summed E-state index contributed by atoms with van der Waals surface area (Å²) in [7, 11) is 3.17. The van der Waals surface area contributed by atoms with E-state index < -0.39 is 12.1 Å². The van der Waals surface area contributed by atoms with E-state index in [0.29, 0.717) is 28.6 Å². The number of carbonyl (C=O) groups excluding carboxylic acids is 2. The average molecular weight is 432 g/mol. The summed E-state index contributed by atoms with van der Waals surface area (Å²) in [6.07, 6.45) is 1.81. The zero-order valence-electron chi connectivity index (χ0n) is 17.1. The van der Waals surface area contributed by atoms with Crippen LogP contribution in [0.4, 0.5) is 4.79 Å².